The van der Waals surface area contributed by atoms with E-state index in [1.54, 1.807) is 23.6 Å². The van der Waals surface area contributed by atoms with Crippen molar-refractivity contribution in [3.8, 4) is 0 Å². The lowest BCUT2D eigenvalue weighted by molar-refractivity contribution is -0.144. The fourth-order valence-corrected chi connectivity index (χ4v) is 4.66. The second-order valence-corrected chi connectivity index (χ2v) is 7.59. The van der Waals surface area contributed by atoms with Crippen molar-refractivity contribution in [1.29, 1.82) is 0 Å². The Morgan fingerprint density at radius 1 is 1.13 bits per heavy atom. The number of nitrogens with two attached hydrogens (primary N) is 1. The van der Waals surface area contributed by atoms with E-state index >= 15 is 0 Å². The average Bonchev–Trinajstić information content (AvgIpc) is 2.90. The highest BCUT2D eigenvalue weighted by molar-refractivity contribution is 8.00. The zero-order valence-corrected chi connectivity index (χ0v) is 15.5. The number of amides is 2. The Balaban J connectivity index is 2.51. The third-order valence-corrected chi connectivity index (χ3v) is 5.83. The van der Waals surface area contributed by atoms with Crippen LogP contribution in [0.5, 0.6) is 0 Å². The first-order valence-electron chi connectivity index (χ1n) is 8.92. The molecule has 1 aliphatic rings. The van der Waals surface area contributed by atoms with Gasteiger partial charge in [0.1, 0.15) is 4.87 Å². The van der Waals surface area contributed by atoms with Crippen LogP contribution in [0.2, 0.25) is 0 Å². The smallest absolute Gasteiger partial charge is 0.315 e. The van der Waals surface area contributed by atoms with E-state index in [1.165, 1.54) is 32.1 Å². The van der Waals surface area contributed by atoms with Crippen LogP contribution in [0, 0.1) is 0 Å². The van der Waals surface area contributed by atoms with Crippen LogP contribution >= 0.6 is 11.8 Å². The Kier molecular flexibility index (Phi) is 9.44. The Bertz CT molecular complexity index is 379. The highest BCUT2D eigenvalue weighted by atomic mass is 32.2. The number of primary amides is 1. The molecule has 1 rings (SSSR count). The largest absolute Gasteiger partial charge is 0.466 e. The van der Waals surface area contributed by atoms with Crippen LogP contribution in [0.25, 0.3) is 0 Å². The summed E-state index contributed by atoms with van der Waals surface area (Å²) in [4.78, 5) is 24.9. The van der Waals surface area contributed by atoms with Crippen molar-refractivity contribution in [3.63, 3.8) is 0 Å². The van der Waals surface area contributed by atoms with Gasteiger partial charge in [0.25, 0.3) is 0 Å². The molecule has 5 nitrogen and oxygen atoms in total. The average molecular weight is 345 g/mol. The van der Waals surface area contributed by atoms with Crippen molar-refractivity contribution in [1.82, 2.24) is 4.90 Å². The number of esters is 1. The number of hydrogen-bond acceptors (Lipinski definition) is 4. The van der Waals surface area contributed by atoms with E-state index in [0.717, 1.165) is 25.0 Å². The minimum Gasteiger partial charge on any atom is -0.466 e. The molecule has 134 valence electrons. The second kappa shape index (κ2) is 10.8. The predicted molar refractivity (Wildman–Crippen MR) is 95.3 cm³/mol. The summed E-state index contributed by atoms with van der Waals surface area (Å²) < 4.78 is 5.10. The number of carbonyl (C=O) groups excluding carboxylic acids is 2. The topological polar surface area (TPSA) is 72.6 Å². The molecule has 0 spiro atoms. The van der Waals surface area contributed by atoms with Gasteiger partial charge in [-0.3, -0.25) is 4.79 Å². The standard InChI is InChI=1S/C17H32N2O3S/c1-3-5-6-7-8-9-10-11-17(14-15(20)22-4-2)19(16(18)21)12-13-23-17/h3-14H2,1-2H3,(H2,18,21). The molecular weight excluding hydrogens is 312 g/mol. The van der Waals surface area contributed by atoms with Gasteiger partial charge in [0.15, 0.2) is 0 Å². The molecule has 1 aliphatic heterocycles. The first-order chi connectivity index (χ1) is 11.1. The molecule has 0 radical (unpaired) electrons. The quantitative estimate of drug-likeness (QED) is 0.456. The highest BCUT2D eigenvalue weighted by Crippen LogP contribution is 2.43. The summed E-state index contributed by atoms with van der Waals surface area (Å²) in [6, 6.07) is -0.428. The summed E-state index contributed by atoms with van der Waals surface area (Å²) in [6.45, 7) is 5.01. The molecular formula is C17H32N2O3S. The van der Waals surface area contributed by atoms with Crippen LogP contribution in [0.15, 0.2) is 0 Å². The van der Waals surface area contributed by atoms with Crippen LogP contribution in [0.3, 0.4) is 0 Å². The maximum Gasteiger partial charge on any atom is 0.315 e. The van der Waals surface area contributed by atoms with Gasteiger partial charge in [0, 0.05) is 12.3 Å². The Labute approximate surface area is 144 Å². The van der Waals surface area contributed by atoms with Gasteiger partial charge in [-0.25, -0.2) is 4.79 Å². The van der Waals surface area contributed by atoms with Crippen LogP contribution in [0.1, 0.15) is 71.6 Å². The van der Waals surface area contributed by atoms with Crippen molar-refractivity contribution in [2.24, 2.45) is 5.73 Å². The third kappa shape index (κ3) is 6.61. The minimum absolute atomic E-state index is 0.240. The molecule has 1 unspecified atom stereocenters. The van der Waals surface area contributed by atoms with Gasteiger partial charge in [-0.1, -0.05) is 51.9 Å². The predicted octanol–water partition coefficient (Wildman–Crippen LogP) is 3.90. The minimum atomic E-state index is -0.499. The monoisotopic (exact) mass is 344 g/mol. The first kappa shape index (κ1) is 20.1. The van der Waals surface area contributed by atoms with Crippen molar-refractivity contribution in [2.45, 2.75) is 76.5 Å². The highest BCUT2D eigenvalue weighted by Gasteiger charge is 2.45. The van der Waals surface area contributed by atoms with E-state index in [4.69, 9.17) is 10.5 Å². The van der Waals surface area contributed by atoms with Gasteiger partial charge >= 0.3 is 12.0 Å². The normalized spacial score (nSPS) is 20.7. The number of ether oxygens (including phenoxy) is 1. The van der Waals surface area contributed by atoms with Gasteiger partial charge in [-0.2, -0.15) is 0 Å². The SMILES string of the molecule is CCCCCCCCCC1(CC(=O)OCC)SCCN1C(N)=O. The number of carbonyl (C=O) groups is 2. The lowest BCUT2D eigenvalue weighted by Gasteiger charge is -2.36. The number of rotatable bonds is 11. The van der Waals surface area contributed by atoms with E-state index in [2.05, 4.69) is 6.92 Å². The van der Waals surface area contributed by atoms with Crippen molar-refractivity contribution in [3.05, 3.63) is 0 Å². The van der Waals surface area contributed by atoms with Gasteiger partial charge < -0.3 is 15.4 Å². The van der Waals surface area contributed by atoms with Gasteiger partial charge in [0.2, 0.25) is 0 Å². The lowest BCUT2D eigenvalue weighted by Crippen LogP contribution is -2.49. The van der Waals surface area contributed by atoms with Crippen LogP contribution in [-0.4, -0.2) is 40.7 Å². The molecule has 23 heavy (non-hydrogen) atoms. The number of urea groups is 1. The molecule has 0 aliphatic carbocycles. The molecule has 0 aromatic rings. The van der Waals surface area contributed by atoms with Crippen molar-refractivity contribution < 1.29 is 14.3 Å². The van der Waals surface area contributed by atoms with Crippen molar-refractivity contribution >= 4 is 23.8 Å². The molecule has 0 aromatic carbocycles. The first-order valence-corrected chi connectivity index (χ1v) is 9.91. The third-order valence-electron chi connectivity index (χ3n) is 4.34. The van der Waals surface area contributed by atoms with Crippen LogP contribution < -0.4 is 5.73 Å². The molecule has 0 saturated carbocycles. The Morgan fingerprint density at radius 2 is 1.78 bits per heavy atom. The lowest BCUT2D eigenvalue weighted by atomic mass is 10.0. The van der Waals surface area contributed by atoms with E-state index < -0.39 is 10.9 Å². The number of thioether (sulfide) groups is 1. The molecule has 1 atom stereocenters. The van der Waals surface area contributed by atoms with Gasteiger partial charge in [-0.15, -0.1) is 11.8 Å². The van der Waals surface area contributed by atoms with Gasteiger partial charge in [0.05, 0.1) is 13.0 Å². The Morgan fingerprint density at radius 3 is 2.39 bits per heavy atom. The summed E-state index contributed by atoms with van der Waals surface area (Å²) in [6.07, 6.45) is 9.56. The maximum absolute atomic E-state index is 12.0. The summed E-state index contributed by atoms with van der Waals surface area (Å²) >= 11 is 1.68. The molecule has 1 fully saturated rings. The summed E-state index contributed by atoms with van der Waals surface area (Å²) in [5, 5.41) is 0. The summed E-state index contributed by atoms with van der Waals surface area (Å²) in [5.41, 5.74) is 5.53. The fraction of sp³-hybridized carbons (Fsp3) is 0.882. The molecule has 6 heteroatoms. The van der Waals surface area contributed by atoms with E-state index in [0.29, 0.717) is 13.2 Å². The van der Waals surface area contributed by atoms with Gasteiger partial charge in [-0.05, 0) is 13.3 Å². The molecule has 2 amide bonds. The summed E-state index contributed by atoms with van der Waals surface area (Å²) in [5.74, 6) is 0.592. The fourth-order valence-electron chi connectivity index (χ4n) is 3.16. The molecule has 0 aromatic heterocycles. The maximum atomic E-state index is 12.0. The van der Waals surface area contributed by atoms with Crippen LogP contribution in [-0.2, 0) is 9.53 Å². The van der Waals surface area contributed by atoms with Crippen molar-refractivity contribution in [2.75, 3.05) is 18.9 Å². The Hall–Kier alpha value is -0.910. The number of unbranched alkanes of at least 4 members (excludes halogenated alkanes) is 6. The molecule has 2 N–H and O–H groups in total. The summed E-state index contributed by atoms with van der Waals surface area (Å²) in [7, 11) is 0. The number of hydrogen-bond donors (Lipinski definition) is 1. The van der Waals surface area contributed by atoms with Crippen LogP contribution in [0.4, 0.5) is 4.79 Å². The van der Waals surface area contributed by atoms with E-state index in [9.17, 15) is 9.59 Å². The van der Waals surface area contributed by atoms with E-state index in [1.807, 2.05) is 0 Å². The zero-order valence-electron chi connectivity index (χ0n) is 14.6. The van der Waals surface area contributed by atoms with E-state index in [-0.39, 0.29) is 12.4 Å². The second-order valence-electron chi connectivity index (χ2n) is 6.14. The zero-order chi connectivity index (χ0) is 17.1. The number of nitrogens with zero attached hydrogens (tertiary/aromatic N) is 1. The molecule has 1 saturated heterocycles. The molecule has 0 bridgehead atoms. The molecule has 1 heterocycles.